The van der Waals surface area contributed by atoms with Crippen LogP contribution < -0.4 is 5.30 Å². The molecule has 5 nitrogen and oxygen atoms in total. The maximum Gasteiger partial charge on any atom is 0.227 e. The molecule has 24 heavy (non-hydrogen) atoms. The normalized spacial score (nSPS) is 21.4. The second-order valence-electron chi connectivity index (χ2n) is 6.29. The maximum atomic E-state index is 12.4. The Morgan fingerprint density at radius 3 is 1.75 bits per heavy atom. The summed E-state index contributed by atoms with van der Waals surface area (Å²) in [6.45, 7) is 5.41. The van der Waals surface area contributed by atoms with Gasteiger partial charge in [0.05, 0.1) is 5.70 Å². The molecule has 0 aromatic heterocycles. The van der Waals surface area contributed by atoms with Crippen molar-refractivity contribution < 1.29 is 9.59 Å². The van der Waals surface area contributed by atoms with Gasteiger partial charge in [-0.3, -0.25) is 9.59 Å². The van der Waals surface area contributed by atoms with Crippen LogP contribution in [0.15, 0.2) is 53.5 Å². The fourth-order valence-electron chi connectivity index (χ4n) is 2.73. The summed E-state index contributed by atoms with van der Waals surface area (Å²) in [6, 6.07) is 10.1. The van der Waals surface area contributed by atoms with E-state index in [-0.39, 0.29) is 11.6 Å². The van der Waals surface area contributed by atoms with Gasteiger partial charge in [0.25, 0.3) is 0 Å². The lowest BCUT2D eigenvalue weighted by molar-refractivity contribution is -0.117. The van der Waals surface area contributed by atoms with E-state index in [1.54, 1.807) is 0 Å². The molecule has 0 saturated carbocycles. The Morgan fingerprint density at radius 1 is 0.750 bits per heavy atom. The molecular formula is C18H20N3O2P. The van der Waals surface area contributed by atoms with E-state index in [9.17, 15) is 9.59 Å². The molecule has 124 valence electrons. The number of hydrogen-bond acceptors (Lipinski definition) is 5. The Hall–Kier alpha value is -2.13. The zero-order valence-corrected chi connectivity index (χ0v) is 14.6. The summed E-state index contributed by atoms with van der Waals surface area (Å²) in [5.41, 5.74) is 1.89. The van der Waals surface area contributed by atoms with Crippen LogP contribution >= 0.6 is 9.24 Å². The molecule has 1 unspecified atom stereocenters. The quantitative estimate of drug-likeness (QED) is 0.451. The molecule has 0 spiro atoms. The number of rotatable bonds is 3. The first-order valence-electron chi connectivity index (χ1n) is 8.25. The lowest BCUT2D eigenvalue weighted by Crippen LogP contribution is -2.29. The maximum absolute atomic E-state index is 12.4. The highest BCUT2D eigenvalue weighted by Gasteiger charge is 2.43. The first-order chi connectivity index (χ1) is 11.6. The fraction of sp³-hybridized carbons (Fsp3) is 0.333. The van der Waals surface area contributed by atoms with E-state index in [4.69, 9.17) is 0 Å². The highest BCUT2D eigenvalue weighted by Crippen LogP contribution is 2.33. The van der Waals surface area contributed by atoms with E-state index in [0.717, 1.165) is 39.3 Å². The van der Waals surface area contributed by atoms with Crippen molar-refractivity contribution in [1.82, 2.24) is 14.7 Å². The van der Waals surface area contributed by atoms with Crippen LogP contribution in [0.4, 0.5) is 0 Å². The van der Waals surface area contributed by atoms with Crippen molar-refractivity contribution in [2.24, 2.45) is 0 Å². The van der Waals surface area contributed by atoms with Crippen molar-refractivity contribution in [3.63, 3.8) is 0 Å². The smallest absolute Gasteiger partial charge is 0.227 e. The van der Waals surface area contributed by atoms with Crippen LogP contribution in [-0.2, 0) is 9.59 Å². The van der Waals surface area contributed by atoms with Gasteiger partial charge in [0.1, 0.15) is 11.4 Å². The third-order valence-electron chi connectivity index (χ3n) is 4.29. The molecule has 1 aromatic rings. The van der Waals surface area contributed by atoms with Crippen molar-refractivity contribution in [2.45, 2.75) is 0 Å². The number of hydrogen-bond donors (Lipinski definition) is 0. The minimum absolute atomic E-state index is 0.00546. The minimum atomic E-state index is 0.00546. The summed E-state index contributed by atoms with van der Waals surface area (Å²) >= 11 is 0. The van der Waals surface area contributed by atoms with Crippen LogP contribution in [0.2, 0.25) is 0 Å². The molecule has 0 N–H and O–H groups in total. The molecule has 0 radical (unpaired) electrons. The van der Waals surface area contributed by atoms with E-state index >= 15 is 0 Å². The predicted molar refractivity (Wildman–Crippen MR) is 95.6 cm³/mol. The van der Waals surface area contributed by atoms with E-state index in [2.05, 4.69) is 9.24 Å². The Bertz CT molecular complexity index is 745. The van der Waals surface area contributed by atoms with Gasteiger partial charge in [0.2, 0.25) is 11.6 Å². The molecule has 5 rings (SSSR count). The molecule has 0 bridgehead atoms. The number of carbonyl (C=O) groups is 2. The van der Waals surface area contributed by atoms with Gasteiger partial charge >= 0.3 is 0 Å². The Kier molecular flexibility index (Phi) is 3.89. The SMILES string of the molecule is O=C1C=C(N2CC2)C(=O)C(N2CC2)=C1N1CC1.Pc1ccccc1. The molecule has 1 atom stereocenters. The zero-order chi connectivity index (χ0) is 16.7. The van der Waals surface area contributed by atoms with Crippen molar-refractivity contribution >= 4 is 26.1 Å². The summed E-state index contributed by atoms with van der Waals surface area (Å²) in [7, 11) is 2.63. The number of carbonyl (C=O) groups excluding carboxylic acids is 2. The largest absolute Gasteiger partial charge is 0.365 e. The Balaban J connectivity index is 0.000000177. The van der Waals surface area contributed by atoms with Crippen LogP contribution in [0.3, 0.4) is 0 Å². The lowest BCUT2D eigenvalue weighted by atomic mass is 10.0. The molecule has 6 heteroatoms. The summed E-state index contributed by atoms with van der Waals surface area (Å²) in [4.78, 5) is 30.5. The number of benzene rings is 1. The third-order valence-corrected chi connectivity index (χ3v) is 4.67. The Labute approximate surface area is 143 Å². The summed E-state index contributed by atoms with van der Waals surface area (Å²) in [6.07, 6.45) is 1.52. The van der Waals surface area contributed by atoms with E-state index in [1.165, 1.54) is 11.4 Å². The molecule has 4 aliphatic rings. The monoisotopic (exact) mass is 341 g/mol. The van der Waals surface area contributed by atoms with Crippen LogP contribution in [0.5, 0.6) is 0 Å². The van der Waals surface area contributed by atoms with Crippen molar-refractivity contribution in [3.05, 3.63) is 53.5 Å². The van der Waals surface area contributed by atoms with Crippen LogP contribution in [-0.4, -0.2) is 65.5 Å². The molecule has 0 amide bonds. The second-order valence-corrected chi connectivity index (χ2v) is 6.96. The standard InChI is InChI=1S/C12H13N3O2.C6H7P/c16-9-7-8(13-1-2-13)12(17)11(15-5-6-15)10(9)14-3-4-14;7-6-4-2-1-3-5-6/h7H,1-6H2;1-5H,7H2. The van der Waals surface area contributed by atoms with Crippen LogP contribution in [0.25, 0.3) is 0 Å². The lowest BCUT2D eigenvalue weighted by Gasteiger charge is -2.21. The predicted octanol–water partition coefficient (Wildman–Crippen LogP) is 0.367. The van der Waals surface area contributed by atoms with E-state index < -0.39 is 0 Å². The molecule has 3 saturated heterocycles. The average molecular weight is 341 g/mol. The first-order valence-corrected chi connectivity index (χ1v) is 8.83. The highest BCUT2D eigenvalue weighted by molar-refractivity contribution is 7.27. The van der Waals surface area contributed by atoms with Crippen LogP contribution in [0, 0.1) is 0 Å². The number of ketones is 2. The van der Waals surface area contributed by atoms with Gasteiger partial charge in [-0.1, -0.05) is 30.3 Å². The summed E-state index contributed by atoms with van der Waals surface area (Å²) in [5.74, 6) is 0.0485. The van der Waals surface area contributed by atoms with Gasteiger partial charge < -0.3 is 14.7 Å². The molecule has 3 fully saturated rings. The van der Waals surface area contributed by atoms with Crippen molar-refractivity contribution in [2.75, 3.05) is 39.3 Å². The van der Waals surface area contributed by atoms with Gasteiger partial charge in [-0.2, -0.15) is 0 Å². The summed E-state index contributed by atoms with van der Waals surface area (Å²) < 4.78 is 0. The fourth-order valence-corrected chi connectivity index (χ4v) is 2.95. The van der Waals surface area contributed by atoms with Gasteiger partial charge in [-0.15, -0.1) is 9.24 Å². The van der Waals surface area contributed by atoms with Gasteiger partial charge in [0, 0.05) is 45.3 Å². The van der Waals surface area contributed by atoms with E-state index in [1.807, 2.05) is 45.0 Å². The van der Waals surface area contributed by atoms with Crippen molar-refractivity contribution in [1.29, 1.82) is 0 Å². The molecule has 3 heterocycles. The molecule has 1 aromatic carbocycles. The number of Topliss-reactive ketones (excluding diaryl/α,β-unsaturated/α-hetero) is 1. The van der Waals surface area contributed by atoms with Crippen LogP contribution in [0.1, 0.15) is 0 Å². The minimum Gasteiger partial charge on any atom is -0.365 e. The molecule has 1 aliphatic carbocycles. The first kappa shape index (κ1) is 15.4. The number of nitrogens with zero attached hydrogens (tertiary/aromatic N) is 3. The highest BCUT2D eigenvalue weighted by atomic mass is 31.0. The summed E-state index contributed by atoms with van der Waals surface area (Å²) in [5, 5.41) is 1.24. The third kappa shape index (κ3) is 3.22. The topological polar surface area (TPSA) is 43.2 Å². The van der Waals surface area contributed by atoms with Gasteiger partial charge in [-0.05, 0) is 5.30 Å². The van der Waals surface area contributed by atoms with E-state index in [0.29, 0.717) is 17.1 Å². The number of allylic oxidation sites excluding steroid dienone is 1. The van der Waals surface area contributed by atoms with Crippen molar-refractivity contribution in [3.8, 4) is 0 Å². The average Bonchev–Trinajstić information content (AvgIpc) is 3.41. The zero-order valence-electron chi connectivity index (χ0n) is 13.4. The molecule has 3 aliphatic heterocycles. The molecular weight excluding hydrogens is 321 g/mol. The second kappa shape index (κ2) is 6.06. The Morgan fingerprint density at radius 2 is 1.29 bits per heavy atom. The van der Waals surface area contributed by atoms with Gasteiger partial charge in [0.15, 0.2) is 0 Å². The van der Waals surface area contributed by atoms with Gasteiger partial charge in [-0.25, -0.2) is 0 Å².